The van der Waals surface area contributed by atoms with E-state index in [2.05, 4.69) is 5.32 Å². The van der Waals surface area contributed by atoms with Gasteiger partial charge in [0.05, 0.1) is 31.3 Å². The third-order valence-electron chi connectivity index (χ3n) is 5.84. The number of nitrogens with one attached hydrogen (secondary N) is 1. The van der Waals surface area contributed by atoms with Gasteiger partial charge in [-0.2, -0.15) is 13.2 Å². The molecule has 7 heteroatoms. The van der Waals surface area contributed by atoms with Gasteiger partial charge in [0.2, 0.25) is 0 Å². The smallest absolute Gasteiger partial charge is 0.416 e. The molecule has 156 valence electrons. The molecule has 0 aromatic heterocycles. The molecule has 1 saturated heterocycles. The summed E-state index contributed by atoms with van der Waals surface area (Å²) in [6.07, 6.45) is 1.61. The number of benzene rings is 1. The molecule has 1 aliphatic carbocycles. The minimum Gasteiger partial charge on any atom is -0.469 e. The van der Waals surface area contributed by atoms with Crippen LogP contribution in [0.4, 0.5) is 13.2 Å². The van der Waals surface area contributed by atoms with E-state index in [0.29, 0.717) is 17.9 Å². The molecular weight excluding hydrogens is 371 g/mol. The van der Waals surface area contributed by atoms with Gasteiger partial charge in [-0.15, -0.1) is 0 Å². The van der Waals surface area contributed by atoms with Crippen molar-refractivity contribution in [3.8, 4) is 0 Å². The molecule has 0 spiro atoms. The Morgan fingerprint density at radius 1 is 1.14 bits per heavy atom. The Hall–Kier alpha value is -1.60. The third kappa shape index (κ3) is 5.47. The first-order valence-corrected chi connectivity index (χ1v) is 9.99. The Kier molecular flexibility index (Phi) is 6.99. The number of hydrogen-bond acceptors (Lipinski definition) is 4. The van der Waals surface area contributed by atoms with Crippen LogP contribution in [0.2, 0.25) is 0 Å². The van der Waals surface area contributed by atoms with Crippen molar-refractivity contribution in [2.24, 2.45) is 5.92 Å². The highest BCUT2D eigenvalue weighted by Gasteiger charge is 2.35. The molecule has 28 heavy (non-hydrogen) atoms. The number of carbonyl (C=O) groups excluding carboxylic acids is 1. The number of ether oxygens (including phenoxy) is 2. The molecule has 1 aromatic carbocycles. The average Bonchev–Trinajstić information content (AvgIpc) is 3.20. The van der Waals surface area contributed by atoms with E-state index in [4.69, 9.17) is 9.47 Å². The Morgan fingerprint density at radius 3 is 2.43 bits per heavy atom. The third-order valence-corrected chi connectivity index (χ3v) is 5.84. The van der Waals surface area contributed by atoms with Crippen molar-refractivity contribution >= 4 is 5.97 Å². The number of carbonyl (C=O) groups is 1. The van der Waals surface area contributed by atoms with Crippen molar-refractivity contribution in [3.05, 3.63) is 35.4 Å². The summed E-state index contributed by atoms with van der Waals surface area (Å²) in [4.78, 5) is 11.6. The second-order valence-corrected chi connectivity index (χ2v) is 7.82. The zero-order valence-corrected chi connectivity index (χ0v) is 16.1. The normalized spacial score (nSPS) is 26.4. The molecule has 0 radical (unpaired) electrons. The quantitative estimate of drug-likeness (QED) is 0.708. The van der Waals surface area contributed by atoms with Crippen LogP contribution < -0.4 is 5.32 Å². The molecule has 3 rings (SSSR count). The van der Waals surface area contributed by atoms with Crippen LogP contribution in [0.3, 0.4) is 0 Å². The van der Waals surface area contributed by atoms with Crippen LogP contribution in [0.15, 0.2) is 24.3 Å². The van der Waals surface area contributed by atoms with Gasteiger partial charge in [0, 0.05) is 6.04 Å². The van der Waals surface area contributed by atoms with Gasteiger partial charge in [0.15, 0.2) is 0 Å². The SMILES string of the molecule is COC(=O)C[C@@H]1CC[C@@H](NCC2CCCC2)[C@H](c2ccc(C(F)(F)F)cc2)O1. The minimum absolute atomic E-state index is 0.0197. The fourth-order valence-electron chi connectivity index (χ4n) is 4.22. The highest BCUT2D eigenvalue weighted by molar-refractivity contribution is 5.69. The molecule has 2 fully saturated rings. The van der Waals surface area contributed by atoms with Crippen LogP contribution in [0, 0.1) is 5.92 Å². The van der Waals surface area contributed by atoms with Crippen LogP contribution in [0.5, 0.6) is 0 Å². The Balaban J connectivity index is 1.71. The molecule has 2 aliphatic rings. The number of esters is 1. The highest BCUT2D eigenvalue weighted by atomic mass is 19.4. The van der Waals surface area contributed by atoms with Gasteiger partial charge >= 0.3 is 12.1 Å². The number of methoxy groups -OCH3 is 1. The van der Waals surface area contributed by atoms with Gasteiger partial charge < -0.3 is 14.8 Å². The standard InChI is InChI=1S/C21H28F3NO3/c1-27-19(26)12-17-10-11-18(25-13-14-4-2-3-5-14)20(28-17)15-6-8-16(9-7-15)21(22,23)24/h6-9,14,17-18,20,25H,2-5,10-13H2,1H3/t17-,18+,20-/m0/s1. The van der Waals surface area contributed by atoms with Crippen molar-refractivity contribution in [2.45, 2.75) is 69.4 Å². The second kappa shape index (κ2) is 9.27. The van der Waals surface area contributed by atoms with Crippen molar-refractivity contribution in [3.63, 3.8) is 0 Å². The largest absolute Gasteiger partial charge is 0.469 e. The maximum atomic E-state index is 12.9. The van der Waals surface area contributed by atoms with Crippen molar-refractivity contribution < 1.29 is 27.4 Å². The molecule has 1 aliphatic heterocycles. The summed E-state index contributed by atoms with van der Waals surface area (Å²) in [5, 5.41) is 3.58. The van der Waals surface area contributed by atoms with E-state index in [1.807, 2.05) is 0 Å². The van der Waals surface area contributed by atoms with Gasteiger partial charge in [0.1, 0.15) is 0 Å². The first kappa shape index (κ1) is 21.1. The maximum Gasteiger partial charge on any atom is 0.416 e. The topological polar surface area (TPSA) is 47.6 Å². The maximum absolute atomic E-state index is 12.9. The summed E-state index contributed by atoms with van der Waals surface area (Å²) in [6.45, 7) is 0.896. The molecule has 0 amide bonds. The predicted molar refractivity (Wildman–Crippen MR) is 98.7 cm³/mol. The van der Waals surface area contributed by atoms with E-state index >= 15 is 0 Å². The van der Waals surface area contributed by atoms with Crippen LogP contribution in [-0.4, -0.2) is 31.8 Å². The summed E-state index contributed by atoms with van der Waals surface area (Å²) < 4.78 is 49.5. The summed E-state index contributed by atoms with van der Waals surface area (Å²) >= 11 is 0. The Labute approximate surface area is 163 Å². The van der Waals surface area contributed by atoms with E-state index in [0.717, 1.165) is 25.1 Å². The molecule has 3 atom stereocenters. The predicted octanol–water partition coefficient (Wildman–Crippen LogP) is 4.64. The molecule has 0 bridgehead atoms. The molecule has 1 aromatic rings. The second-order valence-electron chi connectivity index (χ2n) is 7.82. The number of rotatable bonds is 6. The van der Waals surface area contributed by atoms with Crippen LogP contribution >= 0.6 is 0 Å². The summed E-state index contributed by atoms with van der Waals surface area (Å²) in [6, 6.07) is 5.18. The molecule has 4 nitrogen and oxygen atoms in total. The lowest BCUT2D eigenvalue weighted by Gasteiger charge is -2.37. The summed E-state index contributed by atoms with van der Waals surface area (Å²) in [5.74, 6) is 0.314. The number of halogens is 3. The van der Waals surface area contributed by atoms with Crippen molar-refractivity contribution in [2.75, 3.05) is 13.7 Å². The molecule has 0 unspecified atom stereocenters. The lowest BCUT2D eigenvalue weighted by molar-refractivity contribution is -0.148. The molecule has 1 heterocycles. The zero-order valence-electron chi connectivity index (χ0n) is 16.1. The fourth-order valence-corrected chi connectivity index (χ4v) is 4.22. The van der Waals surface area contributed by atoms with Gasteiger partial charge in [-0.3, -0.25) is 4.79 Å². The van der Waals surface area contributed by atoms with E-state index in [1.54, 1.807) is 0 Å². The number of hydrogen-bond donors (Lipinski definition) is 1. The van der Waals surface area contributed by atoms with Crippen molar-refractivity contribution in [1.29, 1.82) is 0 Å². The van der Waals surface area contributed by atoms with E-state index < -0.39 is 11.7 Å². The van der Waals surface area contributed by atoms with Crippen LogP contribution in [-0.2, 0) is 20.4 Å². The average molecular weight is 399 g/mol. The molecule has 1 saturated carbocycles. The first-order valence-electron chi connectivity index (χ1n) is 9.99. The highest BCUT2D eigenvalue weighted by Crippen LogP contribution is 2.36. The van der Waals surface area contributed by atoms with Crippen LogP contribution in [0.1, 0.15) is 62.2 Å². The van der Waals surface area contributed by atoms with E-state index in [9.17, 15) is 18.0 Å². The van der Waals surface area contributed by atoms with Crippen molar-refractivity contribution in [1.82, 2.24) is 5.32 Å². The lowest BCUT2D eigenvalue weighted by atomic mass is 9.91. The fraction of sp³-hybridized carbons (Fsp3) is 0.667. The Morgan fingerprint density at radius 2 is 1.82 bits per heavy atom. The van der Waals surface area contributed by atoms with Gasteiger partial charge in [0.25, 0.3) is 0 Å². The Bertz CT molecular complexity index is 641. The minimum atomic E-state index is -4.36. The summed E-state index contributed by atoms with van der Waals surface area (Å²) in [5.41, 5.74) is 0.0279. The monoisotopic (exact) mass is 399 g/mol. The van der Waals surface area contributed by atoms with E-state index in [-0.39, 0.29) is 30.6 Å². The molecular formula is C21H28F3NO3. The van der Waals surface area contributed by atoms with Crippen LogP contribution in [0.25, 0.3) is 0 Å². The van der Waals surface area contributed by atoms with E-state index in [1.165, 1.54) is 44.9 Å². The van der Waals surface area contributed by atoms with Gasteiger partial charge in [-0.25, -0.2) is 0 Å². The van der Waals surface area contributed by atoms with Gasteiger partial charge in [-0.05, 0) is 55.8 Å². The summed E-state index contributed by atoms with van der Waals surface area (Å²) in [7, 11) is 1.34. The van der Waals surface area contributed by atoms with Gasteiger partial charge in [-0.1, -0.05) is 25.0 Å². The zero-order chi connectivity index (χ0) is 20.1. The number of alkyl halides is 3. The molecule has 1 N–H and O–H groups in total. The lowest BCUT2D eigenvalue weighted by Crippen LogP contribution is -2.44. The first-order chi connectivity index (χ1) is 13.4.